The largest absolute Gasteiger partial charge is 0.456 e. The molecule has 0 rings (SSSR count). The second kappa shape index (κ2) is 6.96. The van der Waals surface area contributed by atoms with Crippen LogP contribution in [-0.4, -0.2) is 35.4 Å². The molecular formula is C13H20O5. The summed E-state index contributed by atoms with van der Waals surface area (Å²) < 4.78 is 9.87. The summed E-state index contributed by atoms with van der Waals surface area (Å²) in [6, 6.07) is 0. The lowest BCUT2D eigenvalue weighted by atomic mass is 10.1. The minimum Gasteiger partial charge on any atom is -0.456 e. The molecule has 0 aromatic heterocycles. The third-order valence-electron chi connectivity index (χ3n) is 2.24. The van der Waals surface area contributed by atoms with Crippen LogP contribution in [0.25, 0.3) is 0 Å². The van der Waals surface area contributed by atoms with Crippen LogP contribution in [0.2, 0.25) is 0 Å². The lowest BCUT2D eigenvalue weighted by Crippen LogP contribution is -2.39. The highest BCUT2D eigenvalue weighted by Gasteiger charge is 2.27. The number of rotatable bonds is 6. The number of carbonyl (C=O) groups excluding carboxylic acids is 2. The summed E-state index contributed by atoms with van der Waals surface area (Å²) in [6.45, 7) is 12.9. The molecule has 5 heteroatoms. The molecule has 0 radical (unpaired) electrons. The van der Waals surface area contributed by atoms with Gasteiger partial charge in [-0.3, -0.25) is 0 Å². The van der Waals surface area contributed by atoms with Crippen molar-refractivity contribution in [1.82, 2.24) is 0 Å². The van der Waals surface area contributed by atoms with E-state index in [1.165, 1.54) is 27.7 Å². The monoisotopic (exact) mass is 256 g/mol. The maximum absolute atomic E-state index is 11.3. The molecule has 1 N–H and O–H groups in total. The lowest BCUT2D eigenvalue weighted by Gasteiger charge is -2.24. The summed E-state index contributed by atoms with van der Waals surface area (Å²) in [5.41, 5.74) is 0.473. The first-order valence-corrected chi connectivity index (χ1v) is 5.57. The van der Waals surface area contributed by atoms with Crippen molar-refractivity contribution < 1.29 is 24.2 Å². The fraction of sp³-hybridized carbons (Fsp3) is 0.538. The van der Waals surface area contributed by atoms with Crippen molar-refractivity contribution in [1.29, 1.82) is 0 Å². The summed E-state index contributed by atoms with van der Waals surface area (Å²) in [7, 11) is 0. The van der Waals surface area contributed by atoms with Crippen LogP contribution in [0.1, 0.15) is 27.7 Å². The van der Waals surface area contributed by atoms with Crippen LogP contribution in [0.4, 0.5) is 0 Å². The topological polar surface area (TPSA) is 72.8 Å². The van der Waals surface area contributed by atoms with Gasteiger partial charge in [-0.05, 0) is 27.7 Å². The average molecular weight is 256 g/mol. The Labute approximate surface area is 107 Å². The fourth-order valence-electron chi connectivity index (χ4n) is 1.06. The van der Waals surface area contributed by atoms with E-state index in [-0.39, 0.29) is 11.1 Å². The molecular weight excluding hydrogens is 236 g/mol. The summed E-state index contributed by atoms with van der Waals surface area (Å²) in [5, 5.41) is 9.83. The van der Waals surface area contributed by atoms with E-state index in [0.29, 0.717) is 0 Å². The third kappa shape index (κ3) is 5.14. The van der Waals surface area contributed by atoms with Crippen LogP contribution < -0.4 is 0 Å². The second-order valence-electron chi connectivity index (χ2n) is 4.27. The number of hydrogen-bond donors (Lipinski definition) is 1. The highest BCUT2D eigenvalue weighted by atomic mass is 16.6. The summed E-state index contributed by atoms with van der Waals surface area (Å²) in [6.07, 6.45) is -2.72. The molecule has 0 aromatic rings. The first kappa shape index (κ1) is 16.4. The molecule has 0 aliphatic heterocycles. The number of aliphatic hydroxyl groups is 1. The Morgan fingerprint density at radius 3 is 1.44 bits per heavy atom. The Bertz CT molecular complexity index is 324. The van der Waals surface area contributed by atoms with Crippen molar-refractivity contribution >= 4 is 11.9 Å². The summed E-state index contributed by atoms with van der Waals surface area (Å²) in [5.74, 6) is -1.19. The quantitative estimate of drug-likeness (QED) is 0.574. The van der Waals surface area contributed by atoms with Crippen molar-refractivity contribution in [3.63, 3.8) is 0 Å². The zero-order valence-electron chi connectivity index (χ0n) is 11.2. The Kier molecular flexibility index (Phi) is 6.33. The Morgan fingerprint density at radius 1 is 0.944 bits per heavy atom. The van der Waals surface area contributed by atoms with E-state index >= 15 is 0 Å². The van der Waals surface area contributed by atoms with Crippen LogP contribution in [0.3, 0.4) is 0 Å². The van der Waals surface area contributed by atoms with Gasteiger partial charge in [-0.1, -0.05) is 13.2 Å². The van der Waals surface area contributed by atoms with Crippen LogP contribution in [0.15, 0.2) is 24.3 Å². The Morgan fingerprint density at radius 2 is 1.22 bits per heavy atom. The van der Waals surface area contributed by atoms with Gasteiger partial charge in [0.1, 0.15) is 18.3 Å². The minimum absolute atomic E-state index is 0.237. The molecule has 0 bridgehead atoms. The maximum atomic E-state index is 11.3. The molecule has 0 spiro atoms. The van der Waals surface area contributed by atoms with Crippen molar-refractivity contribution in [3.05, 3.63) is 24.3 Å². The standard InChI is InChI=1S/C13H20O5/c1-7(2)12(15)17-9(5)11(14)10(6)18-13(16)8(3)4/h9-11,14H,1,3H2,2,4-6H3. The van der Waals surface area contributed by atoms with Crippen LogP contribution in [-0.2, 0) is 19.1 Å². The van der Waals surface area contributed by atoms with Gasteiger partial charge in [-0.25, -0.2) is 9.59 Å². The number of carbonyl (C=O) groups is 2. The molecule has 18 heavy (non-hydrogen) atoms. The number of ether oxygens (including phenoxy) is 2. The first-order chi connectivity index (χ1) is 8.16. The van der Waals surface area contributed by atoms with E-state index < -0.39 is 30.3 Å². The van der Waals surface area contributed by atoms with Gasteiger partial charge in [0, 0.05) is 11.1 Å². The van der Waals surface area contributed by atoms with Gasteiger partial charge in [-0.15, -0.1) is 0 Å². The molecule has 0 aromatic carbocycles. The van der Waals surface area contributed by atoms with Gasteiger partial charge in [0.15, 0.2) is 0 Å². The molecule has 2 atom stereocenters. The summed E-state index contributed by atoms with van der Waals surface area (Å²) >= 11 is 0. The maximum Gasteiger partial charge on any atom is 0.333 e. The van der Waals surface area contributed by atoms with E-state index in [0.717, 1.165) is 0 Å². The van der Waals surface area contributed by atoms with E-state index in [2.05, 4.69) is 13.2 Å². The molecule has 2 unspecified atom stereocenters. The smallest absolute Gasteiger partial charge is 0.333 e. The molecule has 0 saturated heterocycles. The van der Waals surface area contributed by atoms with Crippen LogP contribution in [0.5, 0.6) is 0 Å². The predicted octanol–water partition coefficient (Wildman–Crippen LogP) is 1.36. The van der Waals surface area contributed by atoms with Crippen LogP contribution >= 0.6 is 0 Å². The molecule has 0 saturated carbocycles. The highest BCUT2D eigenvalue weighted by molar-refractivity contribution is 5.87. The highest BCUT2D eigenvalue weighted by Crippen LogP contribution is 2.10. The number of aliphatic hydroxyl groups excluding tert-OH is 1. The van der Waals surface area contributed by atoms with E-state index in [9.17, 15) is 14.7 Å². The van der Waals surface area contributed by atoms with Gasteiger partial charge in [0.2, 0.25) is 0 Å². The molecule has 5 nitrogen and oxygen atoms in total. The van der Waals surface area contributed by atoms with E-state index in [1.807, 2.05) is 0 Å². The Hall–Kier alpha value is -1.62. The number of hydrogen-bond acceptors (Lipinski definition) is 5. The zero-order valence-corrected chi connectivity index (χ0v) is 11.2. The van der Waals surface area contributed by atoms with Gasteiger partial charge in [0.05, 0.1) is 0 Å². The number of esters is 2. The van der Waals surface area contributed by atoms with Crippen molar-refractivity contribution in [3.8, 4) is 0 Å². The van der Waals surface area contributed by atoms with Crippen LogP contribution in [0, 0.1) is 0 Å². The van der Waals surface area contributed by atoms with Crippen molar-refractivity contribution in [2.75, 3.05) is 0 Å². The SMILES string of the molecule is C=C(C)C(=O)OC(C)C(O)C(C)OC(=O)C(=C)C. The van der Waals surface area contributed by atoms with E-state index in [4.69, 9.17) is 9.47 Å². The summed E-state index contributed by atoms with van der Waals surface area (Å²) in [4.78, 5) is 22.5. The fourth-order valence-corrected chi connectivity index (χ4v) is 1.06. The van der Waals surface area contributed by atoms with Crippen molar-refractivity contribution in [2.24, 2.45) is 0 Å². The molecule has 102 valence electrons. The molecule has 0 heterocycles. The predicted molar refractivity (Wildman–Crippen MR) is 66.7 cm³/mol. The normalized spacial score (nSPS) is 15.2. The average Bonchev–Trinajstić information content (AvgIpc) is 2.27. The van der Waals surface area contributed by atoms with Gasteiger partial charge >= 0.3 is 11.9 Å². The molecule has 0 aliphatic carbocycles. The van der Waals surface area contributed by atoms with Crippen molar-refractivity contribution in [2.45, 2.75) is 46.0 Å². The zero-order chi connectivity index (χ0) is 14.5. The first-order valence-electron chi connectivity index (χ1n) is 5.57. The third-order valence-corrected chi connectivity index (χ3v) is 2.24. The van der Waals surface area contributed by atoms with Gasteiger partial charge in [-0.2, -0.15) is 0 Å². The Balaban J connectivity index is 4.41. The van der Waals surface area contributed by atoms with E-state index in [1.54, 1.807) is 0 Å². The molecule has 0 aliphatic rings. The van der Waals surface area contributed by atoms with Gasteiger partial charge in [0.25, 0.3) is 0 Å². The van der Waals surface area contributed by atoms with Gasteiger partial charge < -0.3 is 14.6 Å². The molecule has 0 amide bonds. The molecule has 0 fully saturated rings. The lowest BCUT2D eigenvalue weighted by molar-refractivity contribution is -0.161. The minimum atomic E-state index is -1.11. The second-order valence-corrected chi connectivity index (χ2v) is 4.27.